The van der Waals surface area contributed by atoms with Crippen molar-refractivity contribution in [3.63, 3.8) is 0 Å². The van der Waals surface area contributed by atoms with Crippen LogP contribution in [0.1, 0.15) is 24.7 Å². The quantitative estimate of drug-likeness (QED) is 0.579. The van der Waals surface area contributed by atoms with Crippen LogP contribution in [0.25, 0.3) is 0 Å². The molecule has 1 unspecified atom stereocenters. The van der Waals surface area contributed by atoms with E-state index in [9.17, 15) is 19.8 Å². The van der Waals surface area contributed by atoms with Gasteiger partial charge in [-0.2, -0.15) is 0 Å². The smallest absolute Gasteiger partial charge is 0.324 e. The maximum atomic E-state index is 11.7. The van der Waals surface area contributed by atoms with Gasteiger partial charge in [0, 0.05) is 0 Å². The van der Waals surface area contributed by atoms with Gasteiger partial charge in [0.15, 0.2) is 5.41 Å². The molecule has 1 fully saturated rings. The Kier molecular flexibility index (Phi) is 3.32. The molecule has 1 aromatic rings. The number of carboxylic acid groups (broad SMARTS) is 2. The number of rotatable bonds is 3. The minimum atomic E-state index is -1.90. The van der Waals surface area contributed by atoms with Crippen LogP contribution in [-0.2, 0) is 9.59 Å². The molecule has 0 bridgehead atoms. The van der Waals surface area contributed by atoms with Crippen LogP contribution in [-0.4, -0.2) is 27.7 Å². The van der Waals surface area contributed by atoms with Gasteiger partial charge in [0.1, 0.15) is 0 Å². The third-order valence-electron chi connectivity index (χ3n) is 3.59. The number of carbonyl (C=O) groups is 2. The molecule has 0 amide bonds. The summed E-state index contributed by atoms with van der Waals surface area (Å²) in [5.74, 6) is -2.65. The zero-order valence-corrected chi connectivity index (χ0v) is 11.4. The largest absolute Gasteiger partial charge is 0.480 e. The molecule has 1 aliphatic rings. The van der Waals surface area contributed by atoms with Gasteiger partial charge < -0.3 is 10.2 Å². The molecule has 0 aliphatic carbocycles. The van der Waals surface area contributed by atoms with E-state index < -0.39 is 28.1 Å². The summed E-state index contributed by atoms with van der Waals surface area (Å²) >= 11 is 1.15. The molecule has 0 saturated carbocycles. The molecule has 1 aromatic carbocycles. The molecular formula is C13H15NO4S. The van der Waals surface area contributed by atoms with Crippen LogP contribution >= 0.6 is 11.9 Å². The van der Waals surface area contributed by atoms with Crippen molar-refractivity contribution in [1.82, 2.24) is 4.72 Å². The number of hydrogen-bond acceptors (Lipinski definition) is 4. The van der Waals surface area contributed by atoms with Crippen molar-refractivity contribution in [2.75, 3.05) is 0 Å². The molecule has 1 atom stereocenters. The highest BCUT2D eigenvalue weighted by Crippen LogP contribution is 2.56. The van der Waals surface area contributed by atoms with E-state index in [4.69, 9.17) is 0 Å². The van der Waals surface area contributed by atoms with Crippen molar-refractivity contribution in [3.05, 3.63) is 35.9 Å². The molecule has 5 nitrogen and oxygen atoms in total. The monoisotopic (exact) mass is 281 g/mol. The third kappa shape index (κ3) is 1.82. The second-order valence-electron chi connectivity index (χ2n) is 5.05. The molecule has 3 N–H and O–H groups in total. The normalized spacial score (nSPS) is 24.0. The van der Waals surface area contributed by atoms with Crippen LogP contribution in [0.2, 0.25) is 0 Å². The molecule has 2 rings (SSSR count). The number of benzene rings is 1. The summed E-state index contributed by atoms with van der Waals surface area (Å²) in [5, 5.41) is 18.5. The predicted octanol–water partition coefficient (Wildman–Crippen LogP) is 1.91. The van der Waals surface area contributed by atoms with Crippen molar-refractivity contribution in [2.45, 2.75) is 24.6 Å². The van der Waals surface area contributed by atoms with Gasteiger partial charge in [-0.1, -0.05) is 42.3 Å². The highest BCUT2D eigenvalue weighted by molar-refractivity contribution is 7.98. The van der Waals surface area contributed by atoms with Crippen molar-refractivity contribution < 1.29 is 19.8 Å². The zero-order chi connectivity index (χ0) is 14.3. The predicted molar refractivity (Wildman–Crippen MR) is 71.7 cm³/mol. The van der Waals surface area contributed by atoms with Gasteiger partial charge in [0.2, 0.25) is 0 Å². The van der Waals surface area contributed by atoms with Gasteiger partial charge in [0.25, 0.3) is 0 Å². The zero-order valence-electron chi connectivity index (χ0n) is 10.6. The minimum Gasteiger partial charge on any atom is -0.480 e. The molecule has 0 aromatic heterocycles. The summed E-state index contributed by atoms with van der Waals surface area (Å²) in [4.78, 5) is 23.5. The van der Waals surface area contributed by atoms with Crippen LogP contribution in [0, 0.1) is 5.41 Å². The lowest BCUT2D eigenvalue weighted by molar-refractivity contribution is -0.169. The van der Waals surface area contributed by atoms with E-state index in [0.29, 0.717) is 5.56 Å². The van der Waals surface area contributed by atoms with Gasteiger partial charge in [-0.15, -0.1) is 0 Å². The molecular weight excluding hydrogens is 266 g/mol. The van der Waals surface area contributed by atoms with Crippen LogP contribution in [0.3, 0.4) is 0 Å². The first-order valence-corrected chi connectivity index (χ1v) is 6.66. The Morgan fingerprint density at radius 3 is 2.16 bits per heavy atom. The van der Waals surface area contributed by atoms with Gasteiger partial charge in [-0.05, 0) is 19.4 Å². The second kappa shape index (κ2) is 4.54. The van der Waals surface area contributed by atoms with Crippen LogP contribution in [0.15, 0.2) is 30.3 Å². The summed E-state index contributed by atoms with van der Waals surface area (Å²) in [7, 11) is 0. The van der Waals surface area contributed by atoms with Crippen molar-refractivity contribution in [1.29, 1.82) is 0 Å². The number of nitrogens with one attached hydrogen (secondary N) is 1. The molecule has 1 saturated heterocycles. The number of aliphatic carboxylic acids is 2. The minimum absolute atomic E-state index is 0.682. The Morgan fingerprint density at radius 1 is 1.16 bits per heavy atom. The second-order valence-corrected chi connectivity index (χ2v) is 5.97. The molecule has 102 valence electrons. The van der Waals surface area contributed by atoms with Crippen molar-refractivity contribution in [2.24, 2.45) is 5.41 Å². The van der Waals surface area contributed by atoms with E-state index in [0.717, 1.165) is 11.9 Å². The lowest BCUT2D eigenvalue weighted by Gasteiger charge is -2.35. The third-order valence-corrected chi connectivity index (χ3v) is 5.08. The van der Waals surface area contributed by atoms with E-state index in [2.05, 4.69) is 4.72 Å². The Balaban J connectivity index is 2.62. The van der Waals surface area contributed by atoms with Gasteiger partial charge in [-0.3, -0.25) is 14.3 Å². The van der Waals surface area contributed by atoms with Crippen molar-refractivity contribution in [3.8, 4) is 0 Å². The number of carboxylic acids is 2. The highest BCUT2D eigenvalue weighted by atomic mass is 32.2. The van der Waals surface area contributed by atoms with Gasteiger partial charge >= 0.3 is 11.9 Å². The fourth-order valence-corrected chi connectivity index (χ4v) is 4.04. The highest BCUT2D eigenvalue weighted by Gasteiger charge is 2.67. The van der Waals surface area contributed by atoms with E-state index in [1.807, 2.05) is 6.07 Å². The Labute approximate surface area is 115 Å². The average Bonchev–Trinajstić information content (AvgIpc) is 2.62. The van der Waals surface area contributed by atoms with Crippen LogP contribution < -0.4 is 4.72 Å². The standard InChI is InChI=1S/C13H15NO4S/c1-12(2)13(10(15)16,11(17)18)9(19-14-12)8-6-4-3-5-7-8/h3-7,9,14H,1-2H3,(H,15,16)(H,17,18). The summed E-state index contributed by atoms with van der Waals surface area (Å²) in [6, 6.07) is 8.86. The topological polar surface area (TPSA) is 86.6 Å². The SMILES string of the molecule is CC1(C)NSC(c2ccccc2)C1(C(=O)O)C(=O)O. The fraction of sp³-hybridized carbons (Fsp3) is 0.385. The Morgan fingerprint density at radius 2 is 1.68 bits per heavy atom. The molecule has 0 spiro atoms. The molecule has 0 radical (unpaired) electrons. The van der Waals surface area contributed by atoms with E-state index >= 15 is 0 Å². The fourth-order valence-electron chi connectivity index (χ4n) is 2.50. The lowest BCUT2D eigenvalue weighted by Crippen LogP contribution is -2.57. The van der Waals surface area contributed by atoms with E-state index in [1.54, 1.807) is 38.1 Å². The summed E-state index contributed by atoms with van der Waals surface area (Å²) in [6.07, 6.45) is 0. The Hall–Kier alpha value is -1.53. The summed E-state index contributed by atoms with van der Waals surface area (Å²) < 4.78 is 2.95. The van der Waals surface area contributed by atoms with Gasteiger partial charge in [-0.25, -0.2) is 0 Å². The molecule has 6 heteroatoms. The average molecular weight is 281 g/mol. The summed E-state index contributed by atoms with van der Waals surface area (Å²) in [6.45, 7) is 3.20. The van der Waals surface area contributed by atoms with Crippen molar-refractivity contribution >= 4 is 23.9 Å². The maximum Gasteiger partial charge on any atom is 0.324 e. The maximum absolute atomic E-state index is 11.7. The Bertz CT molecular complexity index is 501. The molecule has 19 heavy (non-hydrogen) atoms. The molecule has 1 heterocycles. The van der Waals surface area contributed by atoms with Crippen LogP contribution in [0.4, 0.5) is 0 Å². The lowest BCUT2D eigenvalue weighted by atomic mass is 9.68. The first-order chi connectivity index (χ1) is 8.84. The van der Waals surface area contributed by atoms with Crippen LogP contribution in [0.5, 0.6) is 0 Å². The summed E-state index contributed by atoms with van der Waals surface area (Å²) in [5.41, 5.74) is -2.27. The van der Waals surface area contributed by atoms with E-state index in [1.165, 1.54) is 0 Å². The first-order valence-electron chi connectivity index (χ1n) is 5.78. The van der Waals surface area contributed by atoms with E-state index in [-0.39, 0.29) is 0 Å². The first kappa shape index (κ1) is 13.9. The van der Waals surface area contributed by atoms with Gasteiger partial charge in [0.05, 0.1) is 10.8 Å². The molecule has 1 aliphatic heterocycles. The number of hydrogen-bond donors (Lipinski definition) is 3.